The maximum absolute atomic E-state index is 14.2. The molecule has 0 spiro atoms. The number of benzene rings is 1. The summed E-state index contributed by atoms with van der Waals surface area (Å²) in [5.74, 6) is -2.73. The number of hydrogen-bond acceptors (Lipinski definition) is 8. The molecule has 0 unspecified atom stereocenters. The lowest BCUT2D eigenvalue weighted by Gasteiger charge is -2.36. The van der Waals surface area contributed by atoms with Crippen molar-refractivity contribution in [3.8, 4) is 6.07 Å². The van der Waals surface area contributed by atoms with Crippen molar-refractivity contribution in [3.63, 3.8) is 0 Å². The zero-order chi connectivity index (χ0) is 33.0. The maximum Gasteiger partial charge on any atom is 0.452 e. The van der Waals surface area contributed by atoms with Crippen LogP contribution in [0, 0.1) is 25.2 Å². The Morgan fingerprint density at radius 3 is 2.67 bits per heavy atom. The van der Waals surface area contributed by atoms with Crippen LogP contribution in [0.5, 0.6) is 0 Å². The van der Waals surface area contributed by atoms with Gasteiger partial charge in [-0.25, -0.2) is 13.4 Å². The summed E-state index contributed by atoms with van der Waals surface area (Å²) in [5.41, 5.74) is 2.90. The van der Waals surface area contributed by atoms with Crippen molar-refractivity contribution in [2.45, 2.75) is 69.1 Å². The number of aliphatic carboxylic acids is 1. The molecule has 15 heteroatoms. The van der Waals surface area contributed by atoms with Crippen LogP contribution in [-0.2, 0) is 27.5 Å². The summed E-state index contributed by atoms with van der Waals surface area (Å²) >= 11 is 0. The largest absolute Gasteiger partial charge is 0.481 e. The minimum Gasteiger partial charge on any atom is -0.481 e. The van der Waals surface area contributed by atoms with Gasteiger partial charge < -0.3 is 10.0 Å². The van der Waals surface area contributed by atoms with E-state index in [4.69, 9.17) is 0 Å². The molecule has 3 aromatic heterocycles. The zero-order valence-corrected chi connectivity index (χ0v) is 25.8. The lowest BCUT2D eigenvalue weighted by Crippen LogP contribution is -2.45. The first-order chi connectivity index (χ1) is 21.8. The molecule has 0 amide bonds. The molecule has 11 nitrogen and oxygen atoms in total. The second-order valence-electron chi connectivity index (χ2n) is 11.7. The fourth-order valence-electron chi connectivity index (χ4n) is 6.51. The predicted molar refractivity (Wildman–Crippen MR) is 160 cm³/mol. The monoisotopic (exact) mass is 653 g/mol. The summed E-state index contributed by atoms with van der Waals surface area (Å²) in [4.78, 5) is 18.4. The molecule has 6 rings (SSSR count). The first-order valence-electron chi connectivity index (χ1n) is 14.7. The molecule has 1 fully saturated rings. The predicted octanol–water partition coefficient (Wildman–Crippen LogP) is 4.80. The molecule has 0 bridgehead atoms. The molecule has 4 aromatic rings. The van der Waals surface area contributed by atoms with Gasteiger partial charge in [0.25, 0.3) is 0 Å². The van der Waals surface area contributed by atoms with E-state index in [1.807, 2.05) is 17.9 Å². The summed E-state index contributed by atoms with van der Waals surface area (Å²) in [7, 11) is -4.10. The van der Waals surface area contributed by atoms with Crippen LogP contribution in [0.25, 0.3) is 5.65 Å². The number of aromatic nitrogens is 4. The van der Waals surface area contributed by atoms with Gasteiger partial charge in [-0.2, -0.15) is 22.7 Å². The number of fused-ring (bicyclic) bond motifs is 4. The number of aryl methyl sites for hydroxylation is 2. The molecule has 1 aromatic carbocycles. The van der Waals surface area contributed by atoms with Crippen LogP contribution in [0.4, 0.5) is 19.0 Å². The average Bonchev–Trinajstić information content (AvgIpc) is 3.44. The van der Waals surface area contributed by atoms with Gasteiger partial charge in [-0.15, -0.1) is 10.2 Å². The average molecular weight is 654 g/mol. The van der Waals surface area contributed by atoms with E-state index in [0.29, 0.717) is 34.6 Å². The van der Waals surface area contributed by atoms with Gasteiger partial charge in [-0.1, -0.05) is 18.2 Å². The first kappa shape index (κ1) is 31.4. The standard InChI is InChI=1S/C31H30F3N7O4S/c1-18-6-7-21(25(13-27(42)43)24-8-10-41-28(19(24)2)37-38-30(41)31(32,33)34)12-22(18)16-39-17-23-5-3-4-9-40(23)29-26(46(39,44)45)11-20(14-35)15-36-29/h6-8,10-12,15,23,25H,3-5,9,13,16-17H2,1-2H3,(H,42,43)/t23-,25+/m1/s1. The molecule has 2 atom stereocenters. The highest BCUT2D eigenvalue weighted by Gasteiger charge is 2.40. The summed E-state index contributed by atoms with van der Waals surface area (Å²) in [6, 6.07) is 9.97. The van der Waals surface area contributed by atoms with E-state index in [-0.39, 0.29) is 41.7 Å². The van der Waals surface area contributed by atoms with Gasteiger partial charge in [0.05, 0.1) is 12.0 Å². The number of carboxylic acids is 1. The lowest BCUT2D eigenvalue weighted by atomic mass is 9.85. The molecule has 240 valence electrons. The van der Waals surface area contributed by atoms with Crippen LogP contribution in [0.3, 0.4) is 0 Å². The Morgan fingerprint density at radius 1 is 1.17 bits per heavy atom. The quantitative estimate of drug-likeness (QED) is 0.310. The summed E-state index contributed by atoms with van der Waals surface area (Å²) in [6.07, 6.45) is 0.0737. The number of halogens is 3. The summed E-state index contributed by atoms with van der Waals surface area (Å²) in [5, 5.41) is 26.4. The molecule has 2 aliphatic heterocycles. The van der Waals surface area contributed by atoms with E-state index in [2.05, 4.69) is 15.2 Å². The highest BCUT2D eigenvalue weighted by molar-refractivity contribution is 7.89. The molecule has 1 saturated heterocycles. The van der Waals surface area contributed by atoms with Gasteiger partial charge in [0, 0.05) is 44.0 Å². The van der Waals surface area contributed by atoms with Crippen molar-refractivity contribution in [1.29, 1.82) is 5.26 Å². The van der Waals surface area contributed by atoms with Gasteiger partial charge >= 0.3 is 12.1 Å². The number of carbonyl (C=O) groups is 1. The molecule has 5 heterocycles. The number of nitriles is 1. The summed E-state index contributed by atoms with van der Waals surface area (Å²) < 4.78 is 71.0. The molecular weight excluding hydrogens is 623 g/mol. The van der Waals surface area contributed by atoms with Crippen molar-refractivity contribution >= 4 is 27.5 Å². The fraction of sp³-hybridized carbons (Fsp3) is 0.387. The fourth-order valence-corrected chi connectivity index (χ4v) is 8.15. The minimum atomic E-state index is -4.73. The van der Waals surface area contributed by atoms with Gasteiger partial charge in [-0.05, 0) is 73.1 Å². The van der Waals surface area contributed by atoms with Crippen LogP contribution >= 0.6 is 0 Å². The number of piperidine rings is 1. The Bertz CT molecular complexity index is 2010. The molecule has 2 aliphatic rings. The zero-order valence-electron chi connectivity index (χ0n) is 25.0. The van der Waals surface area contributed by atoms with Crippen LogP contribution in [0.15, 0.2) is 47.6 Å². The number of rotatable bonds is 6. The molecule has 46 heavy (non-hydrogen) atoms. The molecule has 1 N–H and O–H groups in total. The Hall–Kier alpha value is -4.55. The smallest absolute Gasteiger partial charge is 0.452 e. The normalized spacial score (nSPS) is 18.8. The van der Waals surface area contributed by atoms with Crippen LogP contribution in [-0.4, -0.2) is 62.5 Å². The second kappa shape index (κ2) is 11.7. The van der Waals surface area contributed by atoms with Gasteiger partial charge in [-0.3, -0.25) is 9.20 Å². The van der Waals surface area contributed by atoms with E-state index in [9.17, 15) is 36.8 Å². The van der Waals surface area contributed by atoms with Crippen molar-refractivity contribution in [1.82, 2.24) is 23.9 Å². The molecule has 0 radical (unpaired) electrons. The number of nitrogens with zero attached hydrogens (tertiary/aromatic N) is 7. The van der Waals surface area contributed by atoms with Crippen LogP contribution < -0.4 is 4.90 Å². The SMILES string of the molecule is Cc1ccc([C@H](CC(=O)O)c2ccn3c(C(F)(F)F)nnc3c2C)cc1CN1C[C@H]2CCCCN2c2ncc(C#N)cc2S1(=O)=O. The van der Waals surface area contributed by atoms with E-state index in [0.717, 1.165) is 29.2 Å². The number of alkyl halides is 3. The highest BCUT2D eigenvalue weighted by atomic mass is 32.2. The van der Waals surface area contributed by atoms with Gasteiger partial charge in [0.2, 0.25) is 15.8 Å². The van der Waals surface area contributed by atoms with E-state index >= 15 is 0 Å². The van der Waals surface area contributed by atoms with Crippen LogP contribution in [0.1, 0.15) is 70.8 Å². The maximum atomic E-state index is 14.2. The van der Waals surface area contributed by atoms with Crippen LogP contribution in [0.2, 0.25) is 0 Å². The summed E-state index contributed by atoms with van der Waals surface area (Å²) in [6.45, 7) is 4.24. The van der Waals surface area contributed by atoms with Gasteiger partial charge in [0.15, 0.2) is 5.65 Å². The molecule has 0 aliphatic carbocycles. The number of pyridine rings is 2. The van der Waals surface area contributed by atoms with E-state index < -0.39 is 33.9 Å². The number of hydrogen-bond donors (Lipinski definition) is 1. The van der Waals surface area contributed by atoms with E-state index in [1.54, 1.807) is 25.1 Å². The number of carboxylic acid groups (broad SMARTS) is 1. The molecular formula is C31H30F3N7O4S. The highest BCUT2D eigenvalue weighted by Crippen LogP contribution is 2.38. The number of sulfonamides is 1. The third-order valence-corrected chi connectivity index (χ3v) is 10.7. The third-order valence-electron chi connectivity index (χ3n) is 8.89. The van der Waals surface area contributed by atoms with E-state index in [1.165, 1.54) is 28.8 Å². The van der Waals surface area contributed by atoms with Crippen molar-refractivity contribution in [2.24, 2.45) is 0 Å². The molecule has 0 saturated carbocycles. The Kier molecular flexibility index (Phi) is 7.97. The topological polar surface area (TPSA) is 145 Å². The lowest BCUT2D eigenvalue weighted by molar-refractivity contribution is -0.145. The van der Waals surface area contributed by atoms with Crippen molar-refractivity contribution < 1.29 is 31.5 Å². The van der Waals surface area contributed by atoms with Crippen molar-refractivity contribution in [2.75, 3.05) is 18.0 Å². The van der Waals surface area contributed by atoms with Crippen molar-refractivity contribution in [3.05, 3.63) is 81.9 Å². The Morgan fingerprint density at radius 2 is 1.96 bits per heavy atom. The Balaban J connectivity index is 1.41. The second-order valence-corrected chi connectivity index (χ2v) is 13.7. The Labute approximate surface area is 263 Å². The van der Waals surface area contributed by atoms with Gasteiger partial charge in [0.1, 0.15) is 16.8 Å². The first-order valence-corrected chi connectivity index (χ1v) is 16.1. The number of anilines is 1. The minimum absolute atomic E-state index is 0.0144. The third kappa shape index (κ3) is 5.56.